The lowest BCUT2D eigenvalue weighted by Gasteiger charge is -2.29. The first kappa shape index (κ1) is 40.8. The van der Waals surface area contributed by atoms with E-state index in [1.807, 2.05) is 0 Å². The number of carbonyl (C=O) groups is 6. The Labute approximate surface area is 322 Å². The number of rotatable bonds is 16. The molecule has 5 heterocycles. The van der Waals surface area contributed by atoms with Crippen LogP contribution < -0.4 is 32.0 Å². The van der Waals surface area contributed by atoms with Gasteiger partial charge in [-0.2, -0.15) is 13.4 Å². The number of imidazole rings is 1. The van der Waals surface area contributed by atoms with Crippen molar-refractivity contribution in [1.82, 2.24) is 39.8 Å². The van der Waals surface area contributed by atoms with E-state index in [-0.39, 0.29) is 73.6 Å². The Hall–Kier alpha value is -5.82. The van der Waals surface area contributed by atoms with Gasteiger partial charge in [-0.1, -0.05) is 12.5 Å². The maximum Gasteiger partial charge on any atom is 0.362 e. The molecule has 3 aliphatic heterocycles. The average molecular weight is 817 g/mol. The van der Waals surface area contributed by atoms with E-state index in [0.717, 1.165) is 10.9 Å². The van der Waals surface area contributed by atoms with Crippen LogP contribution >= 0.6 is 0 Å². The van der Waals surface area contributed by atoms with Crippen molar-refractivity contribution >= 4 is 68.5 Å². The highest BCUT2D eigenvalue weighted by molar-refractivity contribution is 7.85. The molecule has 6 amide bonds. The van der Waals surface area contributed by atoms with Crippen LogP contribution in [0.4, 0.5) is 11.6 Å². The second kappa shape index (κ2) is 17.1. The van der Waals surface area contributed by atoms with Gasteiger partial charge in [-0.3, -0.25) is 52.6 Å². The van der Waals surface area contributed by atoms with E-state index in [0.29, 0.717) is 36.1 Å². The molecule has 0 spiro atoms. The summed E-state index contributed by atoms with van der Waals surface area (Å²) in [5.41, 5.74) is 6.16. The van der Waals surface area contributed by atoms with Gasteiger partial charge in [0.05, 0.1) is 12.9 Å². The fraction of sp³-hybridized carbons (Fsp3) is 0.485. The zero-order valence-electron chi connectivity index (χ0n) is 30.1. The molecule has 2 saturated heterocycles. The second-order valence-corrected chi connectivity index (χ2v) is 14.9. The minimum Gasteiger partial charge on any atom is -0.387 e. The SMILES string of the molecule is Nc1nc2c(ncn2C2OC(COS(=O)(=O)NC(=O)CCC(=O)NCCCCCC(=O)Nc3cccc4c3CN(C3CCC(=O)NC3=O)C4=O)C(O)C2O)c(=O)[nH]1. The smallest absolute Gasteiger partial charge is 0.362 e. The van der Waals surface area contributed by atoms with Gasteiger partial charge in [0, 0.05) is 55.6 Å². The zero-order chi connectivity index (χ0) is 41.0. The molecule has 0 aliphatic carbocycles. The number of aromatic amines is 1. The Morgan fingerprint density at radius 1 is 1.02 bits per heavy atom. The molecular weight excluding hydrogens is 776 g/mol. The number of hydrogen-bond donors (Lipinski definition) is 8. The number of hydrogen-bond acceptors (Lipinski definition) is 16. The van der Waals surface area contributed by atoms with E-state index in [4.69, 9.17) is 14.7 Å². The van der Waals surface area contributed by atoms with Crippen LogP contribution in [0.1, 0.15) is 73.5 Å². The number of aromatic nitrogens is 4. The number of anilines is 2. The van der Waals surface area contributed by atoms with Crippen molar-refractivity contribution in [2.45, 2.75) is 88.5 Å². The van der Waals surface area contributed by atoms with E-state index in [1.165, 1.54) is 4.90 Å². The summed E-state index contributed by atoms with van der Waals surface area (Å²) in [7, 11) is -4.72. The molecule has 0 radical (unpaired) electrons. The summed E-state index contributed by atoms with van der Waals surface area (Å²) in [4.78, 5) is 97.6. The van der Waals surface area contributed by atoms with Crippen molar-refractivity contribution in [2.24, 2.45) is 0 Å². The number of H-pyrrole nitrogens is 1. The highest BCUT2D eigenvalue weighted by Gasteiger charge is 2.45. The lowest BCUT2D eigenvalue weighted by atomic mass is 10.0. The summed E-state index contributed by atoms with van der Waals surface area (Å²) in [5.74, 6) is -3.36. The molecule has 5 unspecified atom stereocenters. The Kier molecular flexibility index (Phi) is 12.3. The molecule has 5 atom stereocenters. The molecule has 2 fully saturated rings. The van der Waals surface area contributed by atoms with Crippen LogP contribution in [-0.2, 0) is 49.7 Å². The fourth-order valence-electron chi connectivity index (χ4n) is 6.65. The molecule has 2 aromatic heterocycles. The molecule has 23 nitrogen and oxygen atoms in total. The second-order valence-electron chi connectivity index (χ2n) is 13.5. The van der Waals surface area contributed by atoms with E-state index >= 15 is 0 Å². The van der Waals surface area contributed by atoms with Gasteiger partial charge in [0.2, 0.25) is 35.5 Å². The van der Waals surface area contributed by atoms with Crippen LogP contribution in [0.3, 0.4) is 0 Å². The summed E-state index contributed by atoms with van der Waals surface area (Å²) in [6.07, 6.45) is -3.67. The molecule has 0 bridgehead atoms. The van der Waals surface area contributed by atoms with Crippen LogP contribution in [0, 0.1) is 0 Å². The number of aliphatic hydroxyl groups excluding tert-OH is 2. The fourth-order valence-corrected chi connectivity index (χ4v) is 7.40. The number of piperidine rings is 1. The van der Waals surface area contributed by atoms with Crippen molar-refractivity contribution in [3.05, 3.63) is 46.0 Å². The van der Waals surface area contributed by atoms with Crippen LogP contribution in [-0.4, -0.2) is 116 Å². The van der Waals surface area contributed by atoms with Crippen LogP contribution in [0.15, 0.2) is 29.3 Å². The minimum atomic E-state index is -4.72. The average Bonchev–Trinajstić information content (AvgIpc) is 3.81. The third kappa shape index (κ3) is 9.42. The molecule has 57 heavy (non-hydrogen) atoms. The first-order valence-corrected chi connectivity index (χ1v) is 19.3. The van der Waals surface area contributed by atoms with E-state index in [9.17, 15) is 52.2 Å². The number of nitrogens with two attached hydrogens (primary N) is 1. The summed E-state index contributed by atoms with van der Waals surface area (Å²) < 4.78 is 37.9. The number of amides is 6. The topological polar surface area (TPSA) is 336 Å². The third-order valence-electron chi connectivity index (χ3n) is 9.53. The quantitative estimate of drug-likeness (QED) is 0.0550. The number of carbonyl (C=O) groups excluding carboxylic acids is 6. The molecule has 6 rings (SSSR count). The molecule has 9 N–H and O–H groups in total. The summed E-state index contributed by atoms with van der Waals surface area (Å²) in [6.45, 7) is -0.468. The molecule has 0 saturated carbocycles. The number of nitrogen functional groups attached to an aromatic ring is 1. The Bertz CT molecular complexity index is 2260. The molecule has 1 aromatic carbocycles. The number of aliphatic hydroxyl groups is 2. The van der Waals surface area contributed by atoms with Crippen LogP contribution in [0.25, 0.3) is 11.2 Å². The highest BCUT2D eigenvalue weighted by atomic mass is 32.2. The molecule has 3 aromatic rings. The van der Waals surface area contributed by atoms with Gasteiger partial charge in [0.15, 0.2) is 17.4 Å². The minimum absolute atomic E-state index is 0.0600. The first-order chi connectivity index (χ1) is 27.1. The van der Waals surface area contributed by atoms with E-state index in [1.54, 1.807) is 22.9 Å². The van der Waals surface area contributed by atoms with E-state index in [2.05, 4.69) is 30.9 Å². The molecular formula is C33H40N10O13S. The van der Waals surface area contributed by atoms with Crippen molar-refractivity contribution in [3.8, 4) is 0 Å². The maximum absolute atomic E-state index is 13.0. The highest BCUT2D eigenvalue weighted by Crippen LogP contribution is 2.33. The number of nitrogens with one attached hydrogen (secondary N) is 5. The van der Waals surface area contributed by atoms with Gasteiger partial charge in [-0.05, 0) is 31.4 Å². The molecule has 24 heteroatoms. The van der Waals surface area contributed by atoms with Gasteiger partial charge in [-0.25, -0.2) is 9.71 Å². The van der Waals surface area contributed by atoms with Gasteiger partial charge in [0.1, 0.15) is 24.4 Å². The Morgan fingerprint density at radius 3 is 2.56 bits per heavy atom. The number of nitrogens with zero attached hydrogens (tertiary/aromatic N) is 4. The molecule has 3 aliphatic rings. The predicted octanol–water partition coefficient (Wildman–Crippen LogP) is -2.44. The van der Waals surface area contributed by atoms with Crippen molar-refractivity contribution < 1.29 is 56.3 Å². The lowest BCUT2D eigenvalue weighted by molar-refractivity contribution is -0.137. The summed E-state index contributed by atoms with van der Waals surface area (Å²) in [5, 5.41) is 28.7. The Morgan fingerprint density at radius 2 is 1.79 bits per heavy atom. The number of benzene rings is 1. The van der Waals surface area contributed by atoms with E-state index < -0.39 is 77.2 Å². The van der Waals surface area contributed by atoms with Crippen molar-refractivity contribution in [1.29, 1.82) is 0 Å². The van der Waals surface area contributed by atoms with Crippen molar-refractivity contribution in [2.75, 3.05) is 24.2 Å². The summed E-state index contributed by atoms with van der Waals surface area (Å²) >= 11 is 0. The van der Waals surface area contributed by atoms with Gasteiger partial charge in [-0.15, -0.1) is 0 Å². The number of fused-ring (bicyclic) bond motifs is 2. The zero-order valence-corrected chi connectivity index (χ0v) is 31.0. The number of imide groups is 1. The van der Waals surface area contributed by atoms with Gasteiger partial charge < -0.3 is 36.2 Å². The monoisotopic (exact) mass is 816 g/mol. The largest absolute Gasteiger partial charge is 0.387 e. The van der Waals surface area contributed by atoms with Crippen LogP contribution in [0.2, 0.25) is 0 Å². The Balaban J connectivity index is 0.852. The van der Waals surface area contributed by atoms with Gasteiger partial charge in [0.25, 0.3) is 11.5 Å². The lowest BCUT2D eigenvalue weighted by Crippen LogP contribution is -2.52. The van der Waals surface area contributed by atoms with Gasteiger partial charge >= 0.3 is 10.3 Å². The number of ether oxygens (including phenoxy) is 1. The normalized spacial score (nSPS) is 22.0. The first-order valence-electron chi connectivity index (χ1n) is 17.9. The summed E-state index contributed by atoms with van der Waals surface area (Å²) in [6, 6.07) is 4.14. The predicted molar refractivity (Wildman–Crippen MR) is 193 cm³/mol. The number of unbranched alkanes of at least 4 members (excludes halogenated alkanes) is 2. The van der Waals surface area contributed by atoms with Crippen molar-refractivity contribution in [3.63, 3.8) is 0 Å². The molecule has 306 valence electrons. The third-order valence-corrected chi connectivity index (χ3v) is 10.5. The maximum atomic E-state index is 13.0. The standard InChI is InChI=1S/C33H40N10O13S/c34-33-39-28-25(30(51)40-33)36-15-43(28)32-27(49)26(48)20(56-32)14-55-57(53,54)41-24(47)11-10-21(44)35-12-3-1-2-7-22(45)37-18-6-4-5-16-17(18)13-42(31(16)52)19-8-9-23(46)38-29(19)50/h4-6,15,19-20,26-27,32,48-49H,1-3,7-14H2,(H,35,44)(H,37,45)(H,41,47)(H,38,46,50)(H3,34,39,40,51). The van der Waals surface area contributed by atoms with Crippen LogP contribution in [0.5, 0.6) is 0 Å².